The molecule has 5 rings (SSSR count). The summed E-state index contributed by atoms with van der Waals surface area (Å²) in [6.45, 7) is 5.26. The van der Waals surface area contributed by atoms with E-state index in [4.69, 9.17) is 4.52 Å². The van der Waals surface area contributed by atoms with Gasteiger partial charge in [-0.3, -0.25) is 24.0 Å². The molecule has 252 valence electrons. The lowest BCUT2D eigenvalue weighted by molar-refractivity contribution is -0.139. The number of carbonyl (C=O) groups is 5. The van der Waals surface area contributed by atoms with Crippen molar-refractivity contribution < 1.29 is 32.9 Å². The number of aryl methyl sites for hydroxylation is 1. The highest BCUT2D eigenvalue weighted by Gasteiger charge is 2.55. The van der Waals surface area contributed by atoms with Gasteiger partial charge in [-0.25, -0.2) is 4.39 Å². The molecule has 3 heterocycles. The topological polar surface area (TPSA) is 142 Å². The zero-order chi connectivity index (χ0) is 34.7. The highest BCUT2D eigenvalue weighted by Crippen LogP contribution is 2.47. The molecule has 0 radical (unpaired) electrons. The molecule has 4 amide bonds. The summed E-state index contributed by atoms with van der Waals surface area (Å²) in [4.78, 5) is 70.7. The molecule has 3 aromatic rings. The SMILES string of the molecule is Cc1cc(C(=O)N[C@H](C(=O)C[C@@H](Cc2ccc(F)cc2)C(=O)N2C[C@]3(C[C@H]2/C=C/C(=O)N(C)C)C(=O)Nc2ccccc23)C(C)C)no1. The van der Waals surface area contributed by atoms with E-state index in [1.807, 2.05) is 24.3 Å². The number of aromatic nitrogens is 1. The highest BCUT2D eigenvalue weighted by molar-refractivity contribution is 6.07. The lowest BCUT2D eigenvalue weighted by Gasteiger charge is -2.29. The van der Waals surface area contributed by atoms with Crippen molar-refractivity contribution in [3.05, 3.63) is 95.1 Å². The summed E-state index contributed by atoms with van der Waals surface area (Å²) >= 11 is 0. The van der Waals surface area contributed by atoms with Crippen LogP contribution in [-0.2, 0) is 31.0 Å². The Hall–Kier alpha value is -5.13. The van der Waals surface area contributed by atoms with E-state index in [-0.39, 0.29) is 55.0 Å². The summed E-state index contributed by atoms with van der Waals surface area (Å²) in [5.41, 5.74) is 1.04. The Morgan fingerprint density at radius 3 is 2.50 bits per heavy atom. The Morgan fingerprint density at radius 1 is 1.15 bits per heavy atom. The monoisotopic (exact) mass is 657 g/mol. The molecule has 0 bridgehead atoms. The van der Waals surface area contributed by atoms with E-state index in [1.165, 1.54) is 29.2 Å². The molecule has 4 atom stereocenters. The van der Waals surface area contributed by atoms with E-state index < -0.39 is 41.0 Å². The third kappa shape index (κ3) is 7.07. The minimum atomic E-state index is -1.06. The van der Waals surface area contributed by atoms with Gasteiger partial charge in [-0.2, -0.15) is 0 Å². The van der Waals surface area contributed by atoms with Crippen LogP contribution in [0.4, 0.5) is 10.1 Å². The van der Waals surface area contributed by atoms with Gasteiger partial charge in [-0.15, -0.1) is 0 Å². The molecular weight excluding hydrogens is 617 g/mol. The van der Waals surface area contributed by atoms with Crippen LogP contribution in [0.1, 0.15) is 54.1 Å². The fraction of sp³-hybridized carbons (Fsp3) is 0.389. The molecule has 0 saturated carbocycles. The first kappa shape index (κ1) is 34.2. The average molecular weight is 658 g/mol. The molecule has 0 unspecified atom stereocenters. The molecule has 2 aliphatic heterocycles. The number of rotatable bonds is 11. The molecule has 2 aromatic carbocycles. The summed E-state index contributed by atoms with van der Waals surface area (Å²) in [7, 11) is 3.23. The number of hydrogen-bond acceptors (Lipinski definition) is 7. The van der Waals surface area contributed by atoms with Crippen molar-refractivity contribution in [3.8, 4) is 0 Å². The van der Waals surface area contributed by atoms with Gasteiger partial charge in [-0.05, 0) is 55.0 Å². The van der Waals surface area contributed by atoms with E-state index in [0.29, 0.717) is 17.0 Å². The molecule has 2 aliphatic rings. The first-order valence-corrected chi connectivity index (χ1v) is 15.9. The van der Waals surface area contributed by atoms with E-state index in [0.717, 1.165) is 5.56 Å². The van der Waals surface area contributed by atoms with Crippen molar-refractivity contribution >= 4 is 35.1 Å². The standard InChI is InChI=1S/C36H40FN5O6/c1-21(2)32(39-33(45)29-16-22(3)48-40-29)30(43)18-24(17-23-10-12-25(37)13-11-23)34(46)42-20-36(19-26(42)14-15-31(44)41(4)5)27-8-6-7-9-28(27)38-35(36)47/h6-16,21,24,26,32H,17-20H2,1-5H3,(H,38,47)(H,39,45)/b15-14+/t24-,26-,32+,36+/m1/s1. The molecule has 1 aromatic heterocycles. The van der Waals surface area contributed by atoms with Gasteiger partial charge in [0.05, 0.1) is 17.5 Å². The van der Waals surface area contributed by atoms with Gasteiger partial charge < -0.3 is 25.0 Å². The second-order valence-electron chi connectivity index (χ2n) is 13.1. The van der Waals surface area contributed by atoms with Crippen LogP contribution in [0.2, 0.25) is 0 Å². The van der Waals surface area contributed by atoms with E-state index >= 15 is 0 Å². The van der Waals surface area contributed by atoms with Crippen LogP contribution in [0, 0.1) is 24.6 Å². The Bertz CT molecular complexity index is 1750. The smallest absolute Gasteiger partial charge is 0.274 e. The van der Waals surface area contributed by atoms with Gasteiger partial charge in [-0.1, -0.05) is 55.4 Å². The predicted octanol–water partition coefficient (Wildman–Crippen LogP) is 3.83. The summed E-state index contributed by atoms with van der Waals surface area (Å²) in [5.74, 6) is -3.11. The number of nitrogens with zero attached hydrogens (tertiary/aromatic N) is 3. The van der Waals surface area contributed by atoms with Crippen LogP contribution in [0.15, 0.2) is 71.3 Å². The van der Waals surface area contributed by atoms with Crippen LogP contribution in [-0.4, -0.2) is 77.1 Å². The molecule has 12 heteroatoms. The fourth-order valence-corrected chi connectivity index (χ4v) is 6.49. The third-order valence-corrected chi connectivity index (χ3v) is 9.06. The van der Waals surface area contributed by atoms with Crippen molar-refractivity contribution in [1.29, 1.82) is 0 Å². The Labute approximate surface area is 278 Å². The van der Waals surface area contributed by atoms with Crippen molar-refractivity contribution in [2.24, 2.45) is 11.8 Å². The zero-order valence-corrected chi connectivity index (χ0v) is 27.7. The number of anilines is 1. The minimum Gasteiger partial charge on any atom is -0.361 e. The first-order chi connectivity index (χ1) is 22.8. The van der Waals surface area contributed by atoms with Gasteiger partial charge in [0.15, 0.2) is 11.5 Å². The van der Waals surface area contributed by atoms with Crippen LogP contribution in [0.5, 0.6) is 0 Å². The maximum absolute atomic E-state index is 14.7. The number of nitrogens with one attached hydrogen (secondary N) is 2. The number of likely N-dealkylation sites (tertiary alicyclic amines) is 1. The minimum absolute atomic E-state index is 0.0316. The molecule has 1 fully saturated rings. The van der Waals surface area contributed by atoms with Crippen molar-refractivity contribution in [2.45, 2.75) is 57.5 Å². The largest absolute Gasteiger partial charge is 0.361 e. The number of benzene rings is 2. The second kappa shape index (κ2) is 13.9. The van der Waals surface area contributed by atoms with E-state index in [2.05, 4.69) is 15.8 Å². The van der Waals surface area contributed by atoms with Gasteiger partial charge in [0.2, 0.25) is 17.7 Å². The zero-order valence-electron chi connectivity index (χ0n) is 27.7. The number of hydrogen-bond donors (Lipinski definition) is 2. The number of amides is 4. The highest BCUT2D eigenvalue weighted by atomic mass is 19.1. The molecule has 1 saturated heterocycles. The molecular formula is C36H40FN5O6. The number of halogens is 1. The van der Waals surface area contributed by atoms with Crippen LogP contribution < -0.4 is 10.6 Å². The molecule has 0 aliphatic carbocycles. The first-order valence-electron chi connectivity index (χ1n) is 15.9. The Morgan fingerprint density at radius 2 is 1.85 bits per heavy atom. The van der Waals surface area contributed by atoms with Gasteiger partial charge in [0.1, 0.15) is 11.6 Å². The quantitative estimate of drug-likeness (QED) is 0.299. The summed E-state index contributed by atoms with van der Waals surface area (Å²) in [6, 6.07) is 12.9. The normalized spacial score (nSPS) is 19.8. The van der Waals surface area contributed by atoms with E-state index in [9.17, 15) is 28.4 Å². The van der Waals surface area contributed by atoms with Gasteiger partial charge in [0.25, 0.3) is 5.91 Å². The predicted molar refractivity (Wildman–Crippen MR) is 175 cm³/mol. The maximum Gasteiger partial charge on any atom is 0.274 e. The Kier molecular flexibility index (Phi) is 9.92. The van der Waals surface area contributed by atoms with Gasteiger partial charge in [0, 0.05) is 50.8 Å². The number of Topliss-reactive ketones (excluding diaryl/α,β-unsaturated/α-hetero) is 1. The number of ketones is 1. The molecule has 48 heavy (non-hydrogen) atoms. The van der Waals surface area contributed by atoms with Crippen LogP contribution >= 0.6 is 0 Å². The van der Waals surface area contributed by atoms with Crippen LogP contribution in [0.25, 0.3) is 0 Å². The van der Waals surface area contributed by atoms with Crippen molar-refractivity contribution in [1.82, 2.24) is 20.3 Å². The van der Waals surface area contributed by atoms with Crippen molar-refractivity contribution in [3.63, 3.8) is 0 Å². The Balaban J connectivity index is 1.48. The molecule has 11 nitrogen and oxygen atoms in total. The second-order valence-corrected chi connectivity index (χ2v) is 13.1. The summed E-state index contributed by atoms with van der Waals surface area (Å²) in [6.07, 6.45) is 3.12. The van der Waals surface area contributed by atoms with E-state index in [1.54, 1.807) is 58.0 Å². The molecule has 1 spiro atoms. The lowest BCUT2D eigenvalue weighted by Crippen LogP contribution is -2.47. The molecule has 2 N–H and O–H groups in total. The van der Waals surface area contributed by atoms with Gasteiger partial charge >= 0.3 is 0 Å². The number of likely N-dealkylation sites (N-methyl/N-ethyl adjacent to an activating group) is 1. The number of carbonyl (C=O) groups excluding carboxylic acids is 5. The average Bonchev–Trinajstić information content (AvgIpc) is 3.74. The maximum atomic E-state index is 14.7. The summed E-state index contributed by atoms with van der Waals surface area (Å²) in [5, 5.41) is 9.43. The van der Waals surface area contributed by atoms with Crippen molar-refractivity contribution in [2.75, 3.05) is 26.0 Å². The number of para-hydroxylation sites is 1. The van der Waals surface area contributed by atoms with Crippen LogP contribution in [0.3, 0.4) is 0 Å². The third-order valence-electron chi connectivity index (χ3n) is 9.06. The lowest BCUT2D eigenvalue weighted by atomic mass is 9.79. The number of fused-ring (bicyclic) bond motifs is 2. The summed E-state index contributed by atoms with van der Waals surface area (Å²) < 4.78 is 18.8. The fourth-order valence-electron chi connectivity index (χ4n) is 6.49.